The smallest absolute Gasteiger partial charge is 0.180 e. The van der Waals surface area contributed by atoms with Crippen LogP contribution in [0.15, 0.2) is 0 Å². The number of aliphatic hydroxyl groups is 2. The normalized spacial score (nSPS) is 31.4. The van der Waals surface area contributed by atoms with Crippen LogP contribution in [-0.4, -0.2) is 41.4 Å². The molecule has 5 heteroatoms. The maximum atomic E-state index is 9.45. The lowest BCUT2D eigenvalue weighted by atomic mass is 10.2. The van der Waals surface area contributed by atoms with E-state index in [0.29, 0.717) is 12.5 Å². The molecule has 0 aromatic rings. The van der Waals surface area contributed by atoms with E-state index in [1.54, 1.807) is 0 Å². The van der Waals surface area contributed by atoms with Gasteiger partial charge in [0.05, 0.1) is 12.7 Å². The molecule has 0 amide bonds. The Labute approximate surface area is 90.3 Å². The van der Waals surface area contributed by atoms with Crippen LogP contribution in [0.4, 0.5) is 0 Å². The predicted molar refractivity (Wildman–Crippen MR) is 55.0 cm³/mol. The van der Waals surface area contributed by atoms with Crippen molar-refractivity contribution in [2.24, 2.45) is 0 Å². The van der Waals surface area contributed by atoms with Gasteiger partial charge in [0.1, 0.15) is 6.10 Å². The molecule has 1 saturated heterocycles. The highest BCUT2D eigenvalue weighted by Crippen LogP contribution is 2.20. The van der Waals surface area contributed by atoms with Crippen molar-refractivity contribution < 1.29 is 19.8 Å². The summed E-state index contributed by atoms with van der Waals surface area (Å²) in [5.41, 5.74) is 2.91. The van der Waals surface area contributed by atoms with Gasteiger partial charge < -0.3 is 14.9 Å². The minimum absolute atomic E-state index is 0.175. The molecule has 0 radical (unpaired) electrons. The number of aliphatic hydroxyl groups excluding tert-OH is 2. The number of ether oxygens (including phenoxy) is 1. The molecule has 1 rings (SSSR count). The Bertz CT molecular complexity index is 175. The van der Waals surface area contributed by atoms with Gasteiger partial charge in [0.15, 0.2) is 6.29 Å². The first-order valence-corrected chi connectivity index (χ1v) is 5.56. The Morgan fingerprint density at radius 3 is 2.60 bits per heavy atom. The van der Waals surface area contributed by atoms with Crippen LogP contribution in [0.1, 0.15) is 33.1 Å². The topological polar surface area (TPSA) is 71.0 Å². The molecule has 15 heavy (non-hydrogen) atoms. The van der Waals surface area contributed by atoms with Crippen LogP contribution in [0, 0.1) is 0 Å². The first-order valence-electron chi connectivity index (χ1n) is 5.56. The monoisotopic (exact) mass is 219 g/mol. The molecule has 2 unspecified atom stereocenters. The van der Waals surface area contributed by atoms with Gasteiger partial charge in [-0.25, -0.2) is 0 Å². The van der Waals surface area contributed by atoms with E-state index in [4.69, 9.17) is 14.7 Å². The summed E-state index contributed by atoms with van der Waals surface area (Å²) in [6.45, 7) is 3.98. The summed E-state index contributed by atoms with van der Waals surface area (Å²) in [5.74, 6) is 0. The van der Waals surface area contributed by atoms with Gasteiger partial charge in [-0.2, -0.15) is 5.48 Å². The van der Waals surface area contributed by atoms with Gasteiger partial charge in [0, 0.05) is 12.5 Å². The van der Waals surface area contributed by atoms with Gasteiger partial charge in [-0.15, -0.1) is 0 Å². The third kappa shape index (κ3) is 3.70. The van der Waals surface area contributed by atoms with E-state index < -0.39 is 18.5 Å². The molecule has 0 spiro atoms. The molecule has 3 atom stereocenters. The van der Waals surface area contributed by atoms with Crippen molar-refractivity contribution in [2.75, 3.05) is 6.61 Å². The molecule has 1 fully saturated rings. The van der Waals surface area contributed by atoms with Crippen LogP contribution in [0.25, 0.3) is 0 Å². The fraction of sp³-hybridized carbons (Fsp3) is 1.00. The molecule has 0 aromatic heterocycles. The van der Waals surface area contributed by atoms with E-state index in [-0.39, 0.29) is 6.61 Å². The van der Waals surface area contributed by atoms with Crippen LogP contribution in [0.3, 0.4) is 0 Å². The van der Waals surface area contributed by atoms with E-state index in [1.165, 1.54) is 0 Å². The van der Waals surface area contributed by atoms with Crippen molar-refractivity contribution in [3.05, 3.63) is 0 Å². The Balaban J connectivity index is 2.23. The third-order valence-electron chi connectivity index (χ3n) is 2.72. The minimum Gasteiger partial charge on any atom is -0.394 e. The van der Waals surface area contributed by atoms with Crippen LogP contribution in [0.2, 0.25) is 0 Å². The van der Waals surface area contributed by atoms with E-state index in [9.17, 15) is 5.11 Å². The molecular formula is C10H21NO4. The predicted octanol–water partition coefficient (Wildman–Crippen LogP) is 0.164. The lowest BCUT2D eigenvalue weighted by Crippen LogP contribution is -2.32. The summed E-state index contributed by atoms with van der Waals surface area (Å²) in [5, 5.41) is 18.3. The van der Waals surface area contributed by atoms with Gasteiger partial charge >= 0.3 is 0 Å². The molecule has 3 N–H and O–H groups in total. The third-order valence-corrected chi connectivity index (χ3v) is 2.72. The quantitative estimate of drug-likeness (QED) is 0.555. The van der Waals surface area contributed by atoms with Crippen LogP contribution >= 0.6 is 0 Å². The number of hydrogen-bond acceptors (Lipinski definition) is 5. The maximum Gasteiger partial charge on any atom is 0.180 e. The van der Waals surface area contributed by atoms with Gasteiger partial charge in [-0.3, -0.25) is 4.84 Å². The largest absolute Gasteiger partial charge is 0.394 e. The maximum absolute atomic E-state index is 9.45. The van der Waals surface area contributed by atoms with Gasteiger partial charge in [0.25, 0.3) is 0 Å². The number of hydroxylamine groups is 1. The second-order valence-electron chi connectivity index (χ2n) is 3.84. The molecular weight excluding hydrogens is 198 g/mol. The van der Waals surface area contributed by atoms with Crippen molar-refractivity contribution >= 4 is 0 Å². The highest BCUT2D eigenvalue weighted by atomic mass is 16.8. The lowest BCUT2D eigenvalue weighted by molar-refractivity contribution is -0.184. The SMILES string of the molecule is CCC(CC)NOC1C[C@H](O)C(CO)O1. The summed E-state index contributed by atoms with van der Waals surface area (Å²) in [7, 11) is 0. The lowest BCUT2D eigenvalue weighted by Gasteiger charge is -2.18. The number of hydrogen-bond donors (Lipinski definition) is 3. The minimum atomic E-state index is -0.636. The first-order chi connectivity index (χ1) is 7.21. The first kappa shape index (κ1) is 12.9. The standard InChI is InChI=1S/C10H21NO4/c1-3-7(4-2)11-15-10-5-8(13)9(6-12)14-10/h7-13H,3-6H2,1-2H3/t8-,9?,10?/m0/s1. The van der Waals surface area contributed by atoms with Gasteiger partial charge in [-0.05, 0) is 12.8 Å². The summed E-state index contributed by atoms with van der Waals surface area (Å²) in [6, 6.07) is 0.305. The second-order valence-corrected chi connectivity index (χ2v) is 3.84. The van der Waals surface area contributed by atoms with Crippen molar-refractivity contribution in [3.8, 4) is 0 Å². The zero-order valence-corrected chi connectivity index (χ0v) is 9.35. The van der Waals surface area contributed by atoms with Gasteiger partial charge in [0.2, 0.25) is 0 Å². The zero-order chi connectivity index (χ0) is 11.3. The zero-order valence-electron chi connectivity index (χ0n) is 9.35. The Kier molecular flexibility index (Phi) is 5.49. The molecule has 0 saturated carbocycles. The van der Waals surface area contributed by atoms with Crippen LogP contribution in [0.5, 0.6) is 0 Å². The average Bonchev–Trinajstić information content (AvgIpc) is 2.60. The van der Waals surface area contributed by atoms with Crippen molar-refractivity contribution in [1.29, 1.82) is 0 Å². The van der Waals surface area contributed by atoms with E-state index >= 15 is 0 Å². The number of nitrogens with one attached hydrogen (secondary N) is 1. The van der Waals surface area contributed by atoms with Crippen LogP contribution in [-0.2, 0) is 9.57 Å². The van der Waals surface area contributed by atoms with Gasteiger partial charge in [-0.1, -0.05) is 13.8 Å². The molecule has 0 aromatic carbocycles. The highest BCUT2D eigenvalue weighted by molar-refractivity contribution is 4.77. The Morgan fingerprint density at radius 1 is 1.47 bits per heavy atom. The molecule has 0 aliphatic carbocycles. The molecule has 5 nitrogen and oxygen atoms in total. The van der Waals surface area contributed by atoms with Crippen molar-refractivity contribution in [2.45, 2.75) is 57.6 Å². The molecule has 0 bridgehead atoms. The Hall–Kier alpha value is -0.200. The van der Waals surface area contributed by atoms with E-state index in [2.05, 4.69) is 19.3 Å². The van der Waals surface area contributed by atoms with E-state index in [0.717, 1.165) is 12.8 Å². The summed E-state index contributed by atoms with van der Waals surface area (Å²) < 4.78 is 5.28. The summed E-state index contributed by atoms with van der Waals surface area (Å²) in [4.78, 5) is 5.31. The summed E-state index contributed by atoms with van der Waals surface area (Å²) in [6.07, 6.45) is 0.753. The highest BCUT2D eigenvalue weighted by Gasteiger charge is 2.34. The number of rotatable bonds is 6. The average molecular weight is 219 g/mol. The molecule has 1 heterocycles. The summed E-state index contributed by atoms with van der Waals surface area (Å²) >= 11 is 0. The van der Waals surface area contributed by atoms with E-state index in [1.807, 2.05) is 0 Å². The molecule has 90 valence electrons. The molecule has 1 aliphatic heterocycles. The fourth-order valence-electron chi connectivity index (χ4n) is 1.56. The second kappa shape index (κ2) is 6.40. The van der Waals surface area contributed by atoms with Crippen molar-refractivity contribution in [3.63, 3.8) is 0 Å². The molecule has 1 aliphatic rings. The Morgan fingerprint density at radius 2 is 2.13 bits per heavy atom. The van der Waals surface area contributed by atoms with Crippen molar-refractivity contribution in [1.82, 2.24) is 5.48 Å². The fourth-order valence-corrected chi connectivity index (χ4v) is 1.56. The van der Waals surface area contributed by atoms with Crippen LogP contribution < -0.4 is 5.48 Å².